The third-order valence-corrected chi connectivity index (χ3v) is 7.89. The fourth-order valence-corrected chi connectivity index (χ4v) is 5.94. The van der Waals surface area contributed by atoms with Crippen LogP contribution in [0.15, 0.2) is 51.1 Å². The maximum Gasteiger partial charge on any atom is 0.336 e. The van der Waals surface area contributed by atoms with Crippen LogP contribution in [0.3, 0.4) is 0 Å². The summed E-state index contributed by atoms with van der Waals surface area (Å²) in [6, 6.07) is 9.06. The Balaban J connectivity index is 1.79. The number of hydrogen-bond donors (Lipinski definition) is 1. The van der Waals surface area contributed by atoms with Crippen LogP contribution in [0.2, 0.25) is 0 Å². The number of carbonyl (C=O) groups is 2. The highest BCUT2D eigenvalue weighted by atomic mass is 79.9. The van der Waals surface area contributed by atoms with Crippen LogP contribution in [0.1, 0.15) is 49.7 Å². The van der Waals surface area contributed by atoms with Gasteiger partial charge in [0.1, 0.15) is 12.4 Å². The standard InChI is InChI=1S/C30H34BrNO8/c1-6-39-25-15-19(11-20(31)29(25)34)27-26(30(35)40-10-9-36-3)16(2)32-21-12-18(13-22(33)28(21)27)17-7-8-23(37-4)24(14-17)38-5/h7-8,11,14-15,18,27-28,34H,6,9-10,12-13H2,1-5H3/t18-,27+,28?/m1/s1. The molecule has 0 amide bonds. The van der Waals surface area contributed by atoms with E-state index in [1.807, 2.05) is 25.1 Å². The average Bonchev–Trinajstić information content (AvgIpc) is 2.94. The van der Waals surface area contributed by atoms with Gasteiger partial charge in [-0.2, -0.15) is 0 Å². The van der Waals surface area contributed by atoms with Crippen molar-refractivity contribution in [3.63, 3.8) is 0 Å². The minimum absolute atomic E-state index is 0.0355. The van der Waals surface area contributed by atoms with Gasteiger partial charge >= 0.3 is 5.97 Å². The van der Waals surface area contributed by atoms with E-state index in [4.69, 9.17) is 28.7 Å². The van der Waals surface area contributed by atoms with E-state index in [-0.39, 0.29) is 42.8 Å². The maximum absolute atomic E-state index is 13.9. The summed E-state index contributed by atoms with van der Waals surface area (Å²) in [5.74, 6) is -0.640. The third kappa shape index (κ3) is 5.88. The van der Waals surface area contributed by atoms with Crippen molar-refractivity contribution in [2.45, 2.75) is 38.5 Å². The minimum Gasteiger partial charge on any atom is -0.503 e. The number of ketones is 1. The van der Waals surface area contributed by atoms with Gasteiger partial charge in [0, 0.05) is 30.9 Å². The zero-order chi connectivity index (χ0) is 29.0. The van der Waals surface area contributed by atoms with Crippen molar-refractivity contribution in [3.05, 3.63) is 57.2 Å². The molecule has 1 fully saturated rings. The molecule has 0 radical (unpaired) electrons. The summed E-state index contributed by atoms with van der Waals surface area (Å²) in [6.45, 7) is 4.21. The molecular weight excluding hydrogens is 582 g/mol. The number of hydrogen-bond acceptors (Lipinski definition) is 9. The normalized spacial score (nSPS) is 20.5. The van der Waals surface area contributed by atoms with Gasteiger partial charge in [-0.1, -0.05) is 6.07 Å². The highest BCUT2D eigenvalue weighted by Crippen LogP contribution is 2.49. The van der Waals surface area contributed by atoms with Gasteiger partial charge < -0.3 is 28.8 Å². The molecule has 1 unspecified atom stereocenters. The lowest BCUT2D eigenvalue weighted by Gasteiger charge is -2.38. The molecule has 0 aromatic heterocycles. The number of phenolic OH excluding ortho intramolecular Hbond substituents is 1. The number of aliphatic imine (C=N–C) groups is 1. The van der Waals surface area contributed by atoms with Crippen molar-refractivity contribution in [1.29, 1.82) is 0 Å². The number of phenols is 1. The van der Waals surface area contributed by atoms with Crippen molar-refractivity contribution < 1.29 is 38.4 Å². The van der Waals surface area contributed by atoms with E-state index in [1.54, 1.807) is 33.3 Å². The molecule has 1 N–H and O–H groups in total. The Labute approximate surface area is 242 Å². The molecule has 2 aromatic rings. The van der Waals surface area contributed by atoms with E-state index >= 15 is 0 Å². The first-order valence-corrected chi connectivity index (χ1v) is 13.9. The highest BCUT2D eigenvalue weighted by molar-refractivity contribution is 9.10. The van der Waals surface area contributed by atoms with E-state index in [1.165, 1.54) is 7.11 Å². The molecule has 0 spiro atoms. The number of ether oxygens (including phenoxy) is 5. The van der Waals surface area contributed by atoms with Crippen LogP contribution in [0, 0.1) is 5.92 Å². The van der Waals surface area contributed by atoms with E-state index in [2.05, 4.69) is 15.9 Å². The smallest absolute Gasteiger partial charge is 0.336 e. The zero-order valence-corrected chi connectivity index (χ0v) is 24.9. The molecule has 1 heterocycles. The van der Waals surface area contributed by atoms with E-state index < -0.39 is 17.8 Å². The third-order valence-electron chi connectivity index (χ3n) is 7.28. The van der Waals surface area contributed by atoms with E-state index in [9.17, 15) is 14.7 Å². The Morgan fingerprint density at radius 3 is 2.40 bits per heavy atom. The van der Waals surface area contributed by atoms with Crippen LogP contribution in [-0.2, 0) is 19.1 Å². The first kappa shape index (κ1) is 29.6. The molecule has 0 bridgehead atoms. The molecule has 1 aliphatic heterocycles. The molecule has 40 heavy (non-hydrogen) atoms. The second-order valence-electron chi connectivity index (χ2n) is 9.65. The van der Waals surface area contributed by atoms with Gasteiger partial charge in [0.05, 0.1) is 43.4 Å². The lowest BCUT2D eigenvalue weighted by atomic mass is 9.66. The van der Waals surface area contributed by atoms with Crippen molar-refractivity contribution >= 4 is 33.4 Å². The topological polar surface area (TPSA) is 113 Å². The first-order valence-electron chi connectivity index (χ1n) is 13.1. The van der Waals surface area contributed by atoms with Gasteiger partial charge in [0.25, 0.3) is 0 Å². The van der Waals surface area contributed by atoms with Gasteiger partial charge in [-0.3, -0.25) is 9.79 Å². The summed E-state index contributed by atoms with van der Waals surface area (Å²) in [5, 5.41) is 10.5. The second kappa shape index (κ2) is 12.9. The fraction of sp³-hybridized carbons (Fsp3) is 0.433. The molecule has 10 heteroatoms. The van der Waals surface area contributed by atoms with Gasteiger partial charge in [0.2, 0.25) is 0 Å². The molecule has 1 aliphatic carbocycles. The summed E-state index contributed by atoms with van der Waals surface area (Å²) >= 11 is 3.41. The maximum atomic E-state index is 13.9. The SMILES string of the molecule is CCOc1cc([C@H]2C(C(=O)OCCOC)=C(C)N=C3C[C@@H](c4ccc(OC)c(OC)c4)CC(=O)C32)cc(Br)c1O. The molecule has 214 valence electrons. The van der Waals surface area contributed by atoms with E-state index in [0.29, 0.717) is 51.5 Å². The lowest BCUT2D eigenvalue weighted by molar-refractivity contribution is -0.140. The Kier molecular flexibility index (Phi) is 9.52. The predicted octanol–water partition coefficient (Wildman–Crippen LogP) is 5.34. The number of carbonyl (C=O) groups excluding carboxylic acids is 2. The molecule has 2 aromatic carbocycles. The molecule has 9 nitrogen and oxygen atoms in total. The van der Waals surface area contributed by atoms with Crippen molar-refractivity contribution in [1.82, 2.24) is 0 Å². The Bertz CT molecular complexity index is 1350. The highest BCUT2D eigenvalue weighted by Gasteiger charge is 2.46. The summed E-state index contributed by atoms with van der Waals surface area (Å²) in [5.41, 5.74) is 3.08. The van der Waals surface area contributed by atoms with Crippen LogP contribution in [0.5, 0.6) is 23.0 Å². The molecule has 0 saturated heterocycles. The van der Waals surface area contributed by atoms with Crippen LogP contribution in [0.4, 0.5) is 0 Å². The monoisotopic (exact) mass is 615 g/mol. The van der Waals surface area contributed by atoms with Crippen LogP contribution in [-0.4, -0.2) is 63.7 Å². The number of halogens is 1. The van der Waals surface area contributed by atoms with Crippen LogP contribution >= 0.6 is 15.9 Å². The number of benzene rings is 2. The van der Waals surface area contributed by atoms with Gasteiger partial charge in [-0.15, -0.1) is 0 Å². The summed E-state index contributed by atoms with van der Waals surface area (Å²) in [4.78, 5) is 32.1. The number of rotatable bonds is 10. The molecule has 3 atom stereocenters. The predicted molar refractivity (Wildman–Crippen MR) is 153 cm³/mol. The quantitative estimate of drug-likeness (QED) is 0.282. The number of allylic oxidation sites excluding steroid dienone is 1. The number of aromatic hydroxyl groups is 1. The average molecular weight is 617 g/mol. The van der Waals surface area contributed by atoms with E-state index in [0.717, 1.165) is 5.56 Å². The Morgan fingerprint density at radius 2 is 1.73 bits per heavy atom. The molecule has 4 rings (SSSR count). The van der Waals surface area contributed by atoms with Crippen LogP contribution in [0.25, 0.3) is 0 Å². The lowest BCUT2D eigenvalue weighted by Crippen LogP contribution is -2.41. The molecular formula is C30H34BrNO8. The number of nitrogens with zero attached hydrogens (tertiary/aromatic N) is 1. The zero-order valence-electron chi connectivity index (χ0n) is 23.3. The largest absolute Gasteiger partial charge is 0.503 e. The van der Waals surface area contributed by atoms with Crippen LogP contribution < -0.4 is 14.2 Å². The minimum atomic E-state index is -0.670. The van der Waals surface area contributed by atoms with Gasteiger partial charge in [-0.25, -0.2) is 4.79 Å². The fourth-order valence-electron chi connectivity index (χ4n) is 5.48. The van der Waals surface area contributed by atoms with Gasteiger partial charge in [-0.05, 0) is 77.5 Å². The number of fused-ring (bicyclic) bond motifs is 1. The number of esters is 1. The Hall–Kier alpha value is -3.37. The van der Waals surface area contributed by atoms with Crippen molar-refractivity contribution in [2.24, 2.45) is 10.9 Å². The number of Topliss-reactive ketones (excluding diaryl/α,β-unsaturated/α-hetero) is 1. The molecule has 2 aliphatic rings. The summed E-state index contributed by atoms with van der Waals surface area (Å²) in [6.07, 6.45) is 0.793. The number of methoxy groups -OCH3 is 3. The molecule has 1 saturated carbocycles. The van der Waals surface area contributed by atoms with Crippen molar-refractivity contribution in [2.75, 3.05) is 41.2 Å². The Morgan fingerprint density at radius 1 is 1.00 bits per heavy atom. The second-order valence-corrected chi connectivity index (χ2v) is 10.5. The summed E-state index contributed by atoms with van der Waals surface area (Å²) < 4.78 is 27.5. The van der Waals surface area contributed by atoms with Gasteiger partial charge in [0.15, 0.2) is 23.0 Å². The first-order chi connectivity index (χ1) is 19.2. The summed E-state index contributed by atoms with van der Waals surface area (Å²) in [7, 11) is 4.68. The van der Waals surface area contributed by atoms with Crippen molar-refractivity contribution in [3.8, 4) is 23.0 Å².